The first kappa shape index (κ1) is 23.2. The molecule has 0 atom stereocenters. The summed E-state index contributed by atoms with van der Waals surface area (Å²) in [5.41, 5.74) is 2.01. The lowest BCUT2D eigenvalue weighted by Gasteiger charge is -2.32. The van der Waals surface area contributed by atoms with Gasteiger partial charge in [-0.15, -0.1) is 0 Å². The molecule has 9 heteroatoms. The summed E-state index contributed by atoms with van der Waals surface area (Å²) in [6, 6.07) is 9.87. The van der Waals surface area contributed by atoms with Crippen LogP contribution in [0.1, 0.15) is 54.9 Å². The number of aromatic nitrogens is 1. The van der Waals surface area contributed by atoms with Crippen LogP contribution in [0, 0.1) is 6.92 Å². The summed E-state index contributed by atoms with van der Waals surface area (Å²) in [6.07, 6.45) is 5.10. The van der Waals surface area contributed by atoms with E-state index in [0.717, 1.165) is 41.5 Å². The van der Waals surface area contributed by atoms with E-state index in [9.17, 15) is 13.2 Å². The van der Waals surface area contributed by atoms with Crippen LogP contribution in [-0.4, -0.2) is 36.2 Å². The Morgan fingerprint density at radius 1 is 1.16 bits per heavy atom. The standard InChI is InChI=1S/C23H26ClN3O3S2/c1-3-27(17-7-5-4-6-8-17)32(29,30)18-11-9-16(10-12-18)22(28)26-23-25-21-15(2)19(24)13-14-20(21)31-23/h9-14,17H,3-8H2,1-2H3,(H,25,26,28). The molecule has 170 valence electrons. The summed E-state index contributed by atoms with van der Waals surface area (Å²) in [5.74, 6) is -0.337. The molecule has 3 aromatic rings. The lowest BCUT2D eigenvalue weighted by molar-refractivity contribution is 0.102. The van der Waals surface area contributed by atoms with Gasteiger partial charge in [0, 0.05) is 23.2 Å². The number of nitrogens with one attached hydrogen (secondary N) is 1. The Labute approximate surface area is 197 Å². The van der Waals surface area contributed by atoms with Gasteiger partial charge < -0.3 is 0 Å². The number of hydrogen-bond donors (Lipinski definition) is 1. The number of amides is 1. The third-order valence-electron chi connectivity index (χ3n) is 5.99. The zero-order valence-corrected chi connectivity index (χ0v) is 20.5. The molecule has 0 saturated heterocycles. The Balaban J connectivity index is 1.51. The first-order valence-electron chi connectivity index (χ1n) is 10.8. The highest BCUT2D eigenvalue weighted by Gasteiger charge is 2.31. The van der Waals surface area contributed by atoms with Crippen LogP contribution in [0.15, 0.2) is 41.3 Å². The molecular weight excluding hydrogens is 466 g/mol. The average molecular weight is 492 g/mol. The fraction of sp³-hybridized carbons (Fsp3) is 0.391. The van der Waals surface area contributed by atoms with E-state index >= 15 is 0 Å². The van der Waals surface area contributed by atoms with E-state index < -0.39 is 10.0 Å². The van der Waals surface area contributed by atoms with E-state index in [4.69, 9.17) is 11.6 Å². The Morgan fingerprint density at radius 2 is 1.84 bits per heavy atom. The minimum atomic E-state index is -3.60. The fourth-order valence-electron chi connectivity index (χ4n) is 4.23. The maximum absolute atomic E-state index is 13.2. The van der Waals surface area contributed by atoms with Gasteiger partial charge in [-0.05, 0) is 61.7 Å². The second-order valence-electron chi connectivity index (χ2n) is 8.02. The van der Waals surface area contributed by atoms with Crippen LogP contribution in [0.5, 0.6) is 0 Å². The summed E-state index contributed by atoms with van der Waals surface area (Å²) < 4.78 is 28.9. The number of benzene rings is 2. The topological polar surface area (TPSA) is 79.4 Å². The Hall–Kier alpha value is -2.00. The number of rotatable bonds is 6. The molecule has 1 amide bonds. The monoisotopic (exact) mass is 491 g/mol. The molecule has 1 aliphatic carbocycles. The number of sulfonamides is 1. The van der Waals surface area contributed by atoms with Crippen molar-refractivity contribution in [2.45, 2.75) is 56.9 Å². The van der Waals surface area contributed by atoms with Gasteiger partial charge in [0.25, 0.3) is 5.91 Å². The van der Waals surface area contributed by atoms with Crippen LogP contribution >= 0.6 is 22.9 Å². The number of aryl methyl sites for hydroxylation is 1. The number of thiazole rings is 1. The number of halogens is 1. The molecule has 1 heterocycles. The highest BCUT2D eigenvalue weighted by atomic mass is 35.5. The molecule has 4 rings (SSSR count). The minimum Gasteiger partial charge on any atom is -0.298 e. The molecular formula is C23H26ClN3O3S2. The second kappa shape index (κ2) is 9.47. The van der Waals surface area contributed by atoms with Crippen LogP contribution in [0.4, 0.5) is 5.13 Å². The van der Waals surface area contributed by atoms with Crippen LogP contribution in [0.2, 0.25) is 5.02 Å². The van der Waals surface area contributed by atoms with Crippen molar-refractivity contribution in [2.24, 2.45) is 0 Å². The van der Waals surface area contributed by atoms with Gasteiger partial charge in [-0.3, -0.25) is 10.1 Å². The van der Waals surface area contributed by atoms with Crippen molar-refractivity contribution in [2.75, 3.05) is 11.9 Å². The lowest BCUT2D eigenvalue weighted by Crippen LogP contribution is -2.41. The first-order valence-corrected chi connectivity index (χ1v) is 13.4. The summed E-state index contributed by atoms with van der Waals surface area (Å²) >= 11 is 7.53. The predicted octanol–water partition coefficient (Wildman–Crippen LogP) is 5.85. The lowest BCUT2D eigenvalue weighted by atomic mass is 9.95. The average Bonchev–Trinajstić information content (AvgIpc) is 3.21. The van der Waals surface area contributed by atoms with Gasteiger partial charge in [0.2, 0.25) is 10.0 Å². The number of hydrogen-bond acceptors (Lipinski definition) is 5. The molecule has 32 heavy (non-hydrogen) atoms. The van der Waals surface area contributed by atoms with E-state index in [2.05, 4.69) is 10.3 Å². The summed E-state index contributed by atoms with van der Waals surface area (Å²) in [5, 5.41) is 3.91. The third kappa shape index (κ3) is 4.55. The molecule has 0 unspecified atom stereocenters. The molecule has 1 aliphatic rings. The van der Waals surface area contributed by atoms with Crippen molar-refractivity contribution in [1.29, 1.82) is 0 Å². The maximum atomic E-state index is 13.2. The van der Waals surface area contributed by atoms with Crippen molar-refractivity contribution >= 4 is 54.2 Å². The van der Waals surface area contributed by atoms with Gasteiger partial charge >= 0.3 is 0 Å². The molecule has 2 aromatic carbocycles. The van der Waals surface area contributed by atoms with Gasteiger partial charge in [0.05, 0.1) is 15.1 Å². The minimum absolute atomic E-state index is 0.0534. The summed E-state index contributed by atoms with van der Waals surface area (Å²) in [4.78, 5) is 17.4. The van der Waals surface area contributed by atoms with E-state index in [1.54, 1.807) is 16.4 Å². The maximum Gasteiger partial charge on any atom is 0.257 e. The number of anilines is 1. The quantitative estimate of drug-likeness (QED) is 0.468. The number of carbonyl (C=O) groups excluding carboxylic acids is 1. The van der Waals surface area contributed by atoms with Gasteiger partial charge in [0.1, 0.15) is 0 Å². The van der Waals surface area contributed by atoms with Gasteiger partial charge in [-0.2, -0.15) is 4.31 Å². The van der Waals surface area contributed by atoms with Gasteiger partial charge in [-0.25, -0.2) is 13.4 Å². The van der Waals surface area contributed by atoms with Crippen LogP contribution in [-0.2, 0) is 10.0 Å². The molecule has 1 fully saturated rings. The Bertz CT molecular complexity index is 1230. The SMILES string of the molecule is CCN(C1CCCCC1)S(=O)(=O)c1ccc(C(=O)Nc2nc3c(C)c(Cl)ccc3s2)cc1. The number of nitrogens with zero attached hydrogens (tertiary/aromatic N) is 2. The smallest absolute Gasteiger partial charge is 0.257 e. The fourth-order valence-corrected chi connectivity index (χ4v) is 7.00. The van der Waals surface area contributed by atoms with E-state index in [1.165, 1.54) is 29.9 Å². The van der Waals surface area contributed by atoms with Crippen molar-refractivity contribution in [3.8, 4) is 0 Å². The van der Waals surface area contributed by atoms with E-state index in [-0.39, 0.29) is 16.8 Å². The van der Waals surface area contributed by atoms with Crippen molar-refractivity contribution in [1.82, 2.24) is 9.29 Å². The zero-order chi connectivity index (χ0) is 22.9. The van der Waals surface area contributed by atoms with Crippen molar-refractivity contribution in [3.05, 3.63) is 52.5 Å². The normalized spacial score (nSPS) is 15.4. The molecule has 0 radical (unpaired) electrons. The van der Waals surface area contributed by atoms with Crippen molar-refractivity contribution < 1.29 is 13.2 Å². The van der Waals surface area contributed by atoms with Gasteiger partial charge in [-0.1, -0.05) is 49.1 Å². The second-order valence-corrected chi connectivity index (χ2v) is 11.3. The molecule has 1 aromatic heterocycles. The first-order chi connectivity index (χ1) is 15.3. The highest BCUT2D eigenvalue weighted by molar-refractivity contribution is 7.89. The molecule has 1 N–H and O–H groups in total. The predicted molar refractivity (Wildman–Crippen MR) is 130 cm³/mol. The molecule has 0 spiro atoms. The van der Waals surface area contributed by atoms with Gasteiger partial charge in [0.15, 0.2) is 5.13 Å². The van der Waals surface area contributed by atoms with Crippen LogP contribution < -0.4 is 5.32 Å². The van der Waals surface area contributed by atoms with Crippen LogP contribution in [0.3, 0.4) is 0 Å². The zero-order valence-electron chi connectivity index (χ0n) is 18.1. The number of fused-ring (bicyclic) bond motifs is 1. The van der Waals surface area contributed by atoms with E-state index in [1.807, 2.05) is 26.0 Å². The van der Waals surface area contributed by atoms with Crippen molar-refractivity contribution in [3.63, 3.8) is 0 Å². The summed E-state index contributed by atoms with van der Waals surface area (Å²) in [6.45, 7) is 4.21. The number of carbonyl (C=O) groups is 1. The Morgan fingerprint density at radius 3 is 2.50 bits per heavy atom. The Kier molecular flexibility index (Phi) is 6.86. The highest BCUT2D eigenvalue weighted by Crippen LogP contribution is 2.32. The largest absolute Gasteiger partial charge is 0.298 e. The molecule has 1 saturated carbocycles. The molecule has 0 bridgehead atoms. The van der Waals surface area contributed by atoms with E-state index in [0.29, 0.717) is 22.3 Å². The summed E-state index contributed by atoms with van der Waals surface area (Å²) in [7, 11) is -3.60. The molecule has 0 aliphatic heterocycles. The third-order valence-corrected chi connectivity index (χ3v) is 9.37. The van der Waals surface area contributed by atoms with Crippen LogP contribution in [0.25, 0.3) is 10.2 Å². The molecule has 6 nitrogen and oxygen atoms in total.